The zero-order valence-corrected chi connectivity index (χ0v) is 14.3. The van der Waals surface area contributed by atoms with Crippen molar-refractivity contribution in [3.63, 3.8) is 0 Å². The van der Waals surface area contributed by atoms with Gasteiger partial charge >= 0.3 is 0 Å². The number of carbonyl (C=O) groups excluding carboxylic acids is 1. The lowest BCUT2D eigenvalue weighted by atomic mass is 10.1. The van der Waals surface area contributed by atoms with Crippen LogP contribution in [-0.2, 0) is 13.1 Å². The van der Waals surface area contributed by atoms with Gasteiger partial charge in [0, 0.05) is 23.9 Å². The van der Waals surface area contributed by atoms with Crippen molar-refractivity contribution in [3.8, 4) is 11.4 Å². The lowest BCUT2D eigenvalue weighted by Crippen LogP contribution is -2.22. The lowest BCUT2D eigenvalue weighted by Gasteiger charge is -2.08. The number of hydrogen-bond donors (Lipinski definition) is 1. The third-order valence-corrected chi connectivity index (χ3v) is 4.21. The van der Waals surface area contributed by atoms with E-state index in [2.05, 4.69) is 21.8 Å². The van der Waals surface area contributed by atoms with Gasteiger partial charge in [0.2, 0.25) is 0 Å². The minimum Gasteiger partial charge on any atom is -0.467 e. The fourth-order valence-corrected chi connectivity index (χ4v) is 2.96. The standard InChI is InChI=1S/C20H18N4O2/c1-2-24-18(23-17-9-4-10-21-19(17)24)14-6-3-7-15(12-14)20(25)22-13-16-8-5-11-26-16/h3-12H,2,13H2,1H3,(H,22,25). The van der Waals surface area contributed by atoms with E-state index in [1.165, 1.54) is 0 Å². The van der Waals surface area contributed by atoms with Crippen molar-refractivity contribution < 1.29 is 9.21 Å². The van der Waals surface area contributed by atoms with Crippen molar-refractivity contribution in [1.29, 1.82) is 0 Å². The van der Waals surface area contributed by atoms with E-state index in [0.717, 1.165) is 29.1 Å². The van der Waals surface area contributed by atoms with Crippen LogP contribution in [0.25, 0.3) is 22.6 Å². The highest BCUT2D eigenvalue weighted by Crippen LogP contribution is 2.24. The Labute approximate surface area is 150 Å². The lowest BCUT2D eigenvalue weighted by molar-refractivity contribution is 0.0948. The van der Waals surface area contributed by atoms with Crippen molar-refractivity contribution in [3.05, 3.63) is 72.3 Å². The molecule has 4 aromatic rings. The van der Waals surface area contributed by atoms with Crippen LogP contribution in [0.15, 0.2) is 65.4 Å². The summed E-state index contributed by atoms with van der Waals surface area (Å²) in [7, 11) is 0. The average Bonchev–Trinajstić information content (AvgIpc) is 3.33. The van der Waals surface area contributed by atoms with Gasteiger partial charge in [-0.1, -0.05) is 12.1 Å². The summed E-state index contributed by atoms with van der Waals surface area (Å²) in [5.74, 6) is 1.37. The summed E-state index contributed by atoms with van der Waals surface area (Å²) in [6, 6.07) is 14.9. The Balaban J connectivity index is 1.64. The van der Waals surface area contributed by atoms with Crippen LogP contribution >= 0.6 is 0 Å². The third kappa shape index (κ3) is 2.97. The Kier molecular flexibility index (Phi) is 4.23. The number of rotatable bonds is 5. The zero-order valence-electron chi connectivity index (χ0n) is 14.3. The number of nitrogens with zero attached hydrogens (tertiary/aromatic N) is 3. The van der Waals surface area contributed by atoms with Crippen LogP contribution in [0.2, 0.25) is 0 Å². The molecule has 0 saturated carbocycles. The molecule has 3 aromatic heterocycles. The fourth-order valence-electron chi connectivity index (χ4n) is 2.96. The number of hydrogen-bond acceptors (Lipinski definition) is 4. The first kappa shape index (κ1) is 16.1. The summed E-state index contributed by atoms with van der Waals surface area (Å²) in [4.78, 5) is 21.6. The third-order valence-electron chi connectivity index (χ3n) is 4.21. The Morgan fingerprint density at radius 1 is 1.19 bits per heavy atom. The summed E-state index contributed by atoms with van der Waals surface area (Å²) in [5, 5.41) is 2.86. The van der Waals surface area contributed by atoms with Crippen molar-refractivity contribution in [1.82, 2.24) is 19.9 Å². The van der Waals surface area contributed by atoms with Gasteiger partial charge in [-0.05, 0) is 43.3 Å². The van der Waals surface area contributed by atoms with E-state index in [-0.39, 0.29) is 5.91 Å². The largest absolute Gasteiger partial charge is 0.467 e. The Hall–Kier alpha value is -3.41. The molecule has 0 unspecified atom stereocenters. The van der Waals surface area contributed by atoms with E-state index >= 15 is 0 Å². The van der Waals surface area contributed by atoms with Gasteiger partial charge in [0.15, 0.2) is 5.65 Å². The maximum Gasteiger partial charge on any atom is 0.251 e. The maximum atomic E-state index is 12.5. The molecule has 1 N–H and O–H groups in total. The molecule has 0 saturated heterocycles. The van der Waals surface area contributed by atoms with Gasteiger partial charge < -0.3 is 14.3 Å². The molecular formula is C20H18N4O2. The van der Waals surface area contributed by atoms with Crippen molar-refractivity contribution >= 4 is 17.1 Å². The molecule has 1 aromatic carbocycles. The Morgan fingerprint density at radius 2 is 2.12 bits per heavy atom. The second kappa shape index (κ2) is 6.84. The van der Waals surface area contributed by atoms with Gasteiger partial charge in [0.1, 0.15) is 17.1 Å². The topological polar surface area (TPSA) is 73.0 Å². The zero-order chi connectivity index (χ0) is 17.9. The molecule has 1 amide bonds. The summed E-state index contributed by atoms with van der Waals surface area (Å²) >= 11 is 0. The Morgan fingerprint density at radius 3 is 2.92 bits per heavy atom. The highest BCUT2D eigenvalue weighted by Gasteiger charge is 2.14. The molecule has 3 heterocycles. The molecule has 130 valence electrons. The minimum atomic E-state index is -0.152. The van der Waals surface area contributed by atoms with Crippen LogP contribution in [0.1, 0.15) is 23.0 Å². The molecule has 26 heavy (non-hydrogen) atoms. The quantitative estimate of drug-likeness (QED) is 0.599. The van der Waals surface area contributed by atoms with E-state index in [4.69, 9.17) is 9.40 Å². The highest BCUT2D eigenvalue weighted by molar-refractivity contribution is 5.95. The molecule has 0 aliphatic rings. The molecule has 4 rings (SSSR count). The molecule has 0 fully saturated rings. The first-order valence-corrected chi connectivity index (χ1v) is 8.48. The van der Waals surface area contributed by atoms with Gasteiger partial charge in [0.05, 0.1) is 12.8 Å². The fraction of sp³-hybridized carbons (Fsp3) is 0.150. The monoisotopic (exact) mass is 346 g/mol. The van der Waals surface area contributed by atoms with Gasteiger partial charge in [-0.3, -0.25) is 4.79 Å². The van der Waals surface area contributed by atoms with Crippen molar-refractivity contribution in [2.75, 3.05) is 0 Å². The summed E-state index contributed by atoms with van der Waals surface area (Å²) in [6.45, 7) is 3.16. The average molecular weight is 346 g/mol. The highest BCUT2D eigenvalue weighted by atomic mass is 16.3. The number of benzene rings is 1. The van der Waals surface area contributed by atoms with Gasteiger partial charge in [0.25, 0.3) is 5.91 Å². The summed E-state index contributed by atoms with van der Waals surface area (Å²) < 4.78 is 7.29. The molecular weight excluding hydrogens is 328 g/mol. The minimum absolute atomic E-state index is 0.152. The number of furan rings is 1. The number of pyridine rings is 1. The van der Waals surface area contributed by atoms with Crippen LogP contribution in [0.3, 0.4) is 0 Å². The van der Waals surface area contributed by atoms with Crippen LogP contribution in [0, 0.1) is 0 Å². The molecule has 0 aliphatic carbocycles. The van der Waals surface area contributed by atoms with E-state index in [1.54, 1.807) is 24.6 Å². The first-order chi connectivity index (χ1) is 12.8. The van der Waals surface area contributed by atoms with Crippen LogP contribution < -0.4 is 5.32 Å². The van der Waals surface area contributed by atoms with Crippen molar-refractivity contribution in [2.24, 2.45) is 0 Å². The normalized spacial score (nSPS) is 11.0. The molecule has 6 heteroatoms. The molecule has 0 atom stereocenters. The van der Waals surface area contributed by atoms with Crippen LogP contribution in [-0.4, -0.2) is 20.4 Å². The number of imidazole rings is 1. The molecule has 0 spiro atoms. The SMILES string of the molecule is CCn1c(-c2cccc(C(=O)NCc3ccco3)c2)nc2cccnc21. The number of amides is 1. The second-order valence-corrected chi connectivity index (χ2v) is 5.87. The maximum absolute atomic E-state index is 12.5. The van der Waals surface area contributed by atoms with Crippen molar-refractivity contribution in [2.45, 2.75) is 20.0 Å². The van der Waals surface area contributed by atoms with E-state index < -0.39 is 0 Å². The molecule has 6 nitrogen and oxygen atoms in total. The number of fused-ring (bicyclic) bond motifs is 1. The molecule has 0 radical (unpaired) electrons. The van der Waals surface area contributed by atoms with Gasteiger partial charge in [-0.25, -0.2) is 9.97 Å². The van der Waals surface area contributed by atoms with E-state index in [9.17, 15) is 4.79 Å². The van der Waals surface area contributed by atoms with Crippen LogP contribution in [0.4, 0.5) is 0 Å². The van der Waals surface area contributed by atoms with Gasteiger partial charge in [-0.15, -0.1) is 0 Å². The first-order valence-electron chi connectivity index (χ1n) is 8.48. The number of aryl methyl sites for hydroxylation is 1. The van der Waals surface area contributed by atoms with E-state index in [1.807, 2.05) is 36.4 Å². The van der Waals surface area contributed by atoms with E-state index in [0.29, 0.717) is 17.9 Å². The molecule has 0 aliphatic heterocycles. The predicted octanol–water partition coefficient (Wildman–Crippen LogP) is 3.64. The van der Waals surface area contributed by atoms with Crippen LogP contribution in [0.5, 0.6) is 0 Å². The Bertz CT molecular complexity index is 1050. The second-order valence-electron chi connectivity index (χ2n) is 5.87. The van der Waals surface area contributed by atoms with Gasteiger partial charge in [-0.2, -0.15) is 0 Å². The predicted molar refractivity (Wildman–Crippen MR) is 98.5 cm³/mol. The molecule has 0 bridgehead atoms. The number of carbonyl (C=O) groups is 1. The number of nitrogens with one attached hydrogen (secondary N) is 1. The summed E-state index contributed by atoms with van der Waals surface area (Å²) in [5.41, 5.74) is 3.15. The smallest absolute Gasteiger partial charge is 0.251 e. The summed E-state index contributed by atoms with van der Waals surface area (Å²) in [6.07, 6.45) is 3.35. The number of aromatic nitrogens is 3.